The van der Waals surface area contributed by atoms with Crippen molar-refractivity contribution in [2.45, 2.75) is 62.8 Å². The lowest BCUT2D eigenvalue weighted by Crippen LogP contribution is -2.48. The SMILES string of the molecule is CCS(=O)C1CCCC(NC(=NC)NCC(c2ccc(OC)cc2)N2CCCC2)C1. The highest BCUT2D eigenvalue weighted by Gasteiger charge is 2.27. The Hall–Kier alpha value is -1.60. The van der Waals surface area contributed by atoms with Crippen LogP contribution in [0.3, 0.4) is 0 Å². The highest BCUT2D eigenvalue weighted by Crippen LogP contribution is 2.26. The van der Waals surface area contributed by atoms with Crippen molar-refractivity contribution in [2.24, 2.45) is 4.99 Å². The molecule has 1 aliphatic carbocycles. The van der Waals surface area contributed by atoms with E-state index < -0.39 is 10.8 Å². The molecule has 0 radical (unpaired) electrons. The van der Waals surface area contributed by atoms with Gasteiger partial charge in [0.15, 0.2) is 5.96 Å². The minimum absolute atomic E-state index is 0.309. The largest absolute Gasteiger partial charge is 0.497 e. The Labute approximate surface area is 184 Å². The van der Waals surface area contributed by atoms with Gasteiger partial charge >= 0.3 is 0 Å². The fourth-order valence-corrected chi connectivity index (χ4v) is 6.02. The van der Waals surface area contributed by atoms with Crippen LogP contribution in [0.1, 0.15) is 57.1 Å². The zero-order valence-electron chi connectivity index (χ0n) is 18.7. The molecule has 2 fully saturated rings. The van der Waals surface area contributed by atoms with Gasteiger partial charge in [0.25, 0.3) is 0 Å². The van der Waals surface area contributed by atoms with Gasteiger partial charge in [0.2, 0.25) is 0 Å². The number of hydrogen-bond donors (Lipinski definition) is 2. The Bertz CT molecular complexity index is 704. The number of methoxy groups -OCH3 is 1. The normalized spacial score (nSPS) is 25.0. The molecule has 1 aliphatic heterocycles. The lowest BCUT2D eigenvalue weighted by molar-refractivity contribution is 0.245. The van der Waals surface area contributed by atoms with Crippen molar-refractivity contribution in [2.75, 3.05) is 39.5 Å². The molecule has 168 valence electrons. The molecule has 1 heterocycles. The topological polar surface area (TPSA) is 66.0 Å². The maximum atomic E-state index is 12.3. The number of guanidine groups is 1. The minimum atomic E-state index is -0.709. The number of ether oxygens (including phenoxy) is 1. The van der Waals surface area contributed by atoms with Gasteiger partial charge in [0.05, 0.1) is 13.2 Å². The molecule has 0 amide bonds. The molecule has 4 unspecified atom stereocenters. The van der Waals surface area contributed by atoms with E-state index in [1.54, 1.807) is 7.11 Å². The molecule has 1 saturated carbocycles. The smallest absolute Gasteiger partial charge is 0.191 e. The summed E-state index contributed by atoms with van der Waals surface area (Å²) in [6.45, 7) is 5.10. The molecule has 0 bridgehead atoms. The van der Waals surface area contributed by atoms with Crippen LogP contribution >= 0.6 is 0 Å². The molecule has 7 heteroatoms. The Morgan fingerprint density at radius 1 is 1.23 bits per heavy atom. The monoisotopic (exact) mass is 434 g/mol. The summed E-state index contributed by atoms with van der Waals surface area (Å²) in [4.78, 5) is 7.03. The van der Waals surface area contributed by atoms with E-state index in [-0.39, 0.29) is 0 Å². The third-order valence-corrected chi connectivity index (χ3v) is 8.13. The van der Waals surface area contributed by atoms with E-state index in [0.29, 0.717) is 17.3 Å². The number of nitrogens with zero attached hydrogens (tertiary/aromatic N) is 2. The molecule has 0 spiro atoms. The van der Waals surface area contributed by atoms with Gasteiger partial charge in [-0.3, -0.25) is 14.1 Å². The first-order chi connectivity index (χ1) is 14.6. The van der Waals surface area contributed by atoms with E-state index >= 15 is 0 Å². The van der Waals surface area contributed by atoms with E-state index in [1.165, 1.54) is 18.4 Å². The van der Waals surface area contributed by atoms with Gasteiger partial charge in [-0.2, -0.15) is 0 Å². The number of rotatable bonds is 8. The molecule has 1 aromatic rings. The summed E-state index contributed by atoms with van der Waals surface area (Å²) in [5.41, 5.74) is 1.30. The van der Waals surface area contributed by atoms with Crippen LogP contribution < -0.4 is 15.4 Å². The number of benzene rings is 1. The number of hydrogen-bond acceptors (Lipinski definition) is 4. The van der Waals surface area contributed by atoms with Crippen LogP contribution in [0.15, 0.2) is 29.3 Å². The molecule has 6 nitrogen and oxygen atoms in total. The van der Waals surface area contributed by atoms with Crippen molar-refractivity contribution in [3.63, 3.8) is 0 Å². The fraction of sp³-hybridized carbons (Fsp3) is 0.696. The fourth-order valence-electron chi connectivity index (χ4n) is 4.67. The number of likely N-dealkylation sites (tertiary alicyclic amines) is 1. The Kier molecular flexibility index (Phi) is 9.00. The standard InChI is InChI=1S/C23H38N4O2S/c1-4-30(28)21-9-7-8-19(16-21)26-23(24-2)25-17-22(27-14-5-6-15-27)18-10-12-20(29-3)13-11-18/h10-13,19,21-22H,4-9,14-17H2,1-3H3,(H2,24,25,26). The predicted molar refractivity (Wildman–Crippen MR) is 126 cm³/mol. The zero-order valence-corrected chi connectivity index (χ0v) is 19.5. The molecule has 2 aliphatic rings. The molecule has 2 N–H and O–H groups in total. The highest BCUT2D eigenvalue weighted by atomic mass is 32.2. The quantitative estimate of drug-likeness (QED) is 0.486. The highest BCUT2D eigenvalue weighted by molar-refractivity contribution is 7.85. The second-order valence-electron chi connectivity index (χ2n) is 8.28. The Morgan fingerprint density at radius 2 is 1.97 bits per heavy atom. The summed E-state index contributed by atoms with van der Waals surface area (Å²) in [6, 6.07) is 9.08. The molecule has 0 aromatic heterocycles. The molecular formula is C23H38N4O2S. The Morgan fingerprint density at radius 3 is 2.60 bits per heavy atom. The van der Waals surface area contributed by atoms with Crippen LogP contribution in [0.25, 0.3) is 0 Å². The van der Waals surface area contributed by atoms with Crippen molar-refractivity contribution < 1.29 is 8.95 Å². The number of aliphatic imine (C=N–C) groups is 1. The van der Waals surface area contributed by atoms with E-state index in [4.69, 9.17) is 4.74 Å². The molecular weight excluding hydrogens is 396 g/mol. The van der Waals surface area contributed by atoms with E-state index in [9.17, 15) is 4.21 Å². The third-order valence-electron chi connectivity index (χ3n) is 6.39. The third kappa shape index (κ3) is 6.20. The average Bonchev–Trinajstić information content (AvgIpc) is 3.33. The summed E-state index contributed by atoms with van der Waals surface area (Å²) in [7, 11) is 2.83. The van der Waals surface area contributed by atoms with E-state index in [1.807, 2.05) is 26.1 Å². The maximum Gasteiger partial charge on any atom is 0.191 e. The van der Waals surface area contributed by atoms with Gasteiger partial charge in [-0.05, 0) is 62.9 Å². The van der Waals surface area contributed by atoms with Crippen molar-refractivity contribution in [1.82, 2.24) is 15.5 Å². The summed E-state index contributed by atoms with van der Waals surface area (Å²) in [5.74, 6) is 2.49. The number of nitrogens with one attached hydrogen (secondary N) is 2. The van der Waals surface area contributed by atoms with Crippen LogP contribution in [0.2, 0.25) is 0 Å². The van der Waals surface area contributed by atoms with Gasteiger partial charge in [0.1, 0.15) is 5.75 Å². The van der Waals surface area contributed by atoms with Crippen LogP contribution in [-0.2, 0) is 10.8 Å². The van der Waals surface area contributed by atoms with Crippen molar-refractivity contribution >= 4 is 16.8 Å². The molecule has 4 atom stereocenters. The van der Waals surface area contributed by atoms with Gasteiger partial charge < -0.3 is 15.4 Å². The van der Waals surface area contributed by atoms with Gasteiger partial charge in [0, 0.05) is 41.4 Å². The lowest BCUT2D eigenvalue weighted by Gasteiger charge is -2.32. The van der Waals surface area contributed by atoms with Gasteiger partial charge in [-0.25, -0.2) is 0 Å². The van der Waals surface area contributed by atoms with Crippen molar-refractivity contribution in [3.05, 3.63) is 29.8 Å². The first kappa shape index (κ1) is 23.1. The molecule has 1 saturated heterocycles. The molecule has 3 rings (SSSR count). The molecule has 1 aromatic carbocycles. The summed E-state index contributed by atoms with van der Waals surface area (Å²) in [6.07, 6.45) is 6.82. The van der Waals surface area contributed by atoms with Crippen molar-refractivity contribution in [3.8, 4) is 5.75 Å². The summed E-state index contributed by atoms with van der Waals surface area (Å²) in [5, 5.41) is 7.48. The van der Waals surface area contributed by atoms with Crippen LogP contribution in [0.4, 0.5) is 0 Å². The van der Waals surface area contributed by atoms with E-state index in [0.717, 1.165) is 62.8 Å². The maximum absolute atomic E-state index is 12.3. The summed E-state index contributed by atoms with van der Waals surface area (Å²) >= 11 is 0. The Balaban J connectivity index is 1.60. The van der Waals surface area contributed by atoms with Crippen LogP contribution in [0.5, 0.6) is 5.75 Å². The first-order valence-electron chi connectivity index (χ1n) is 11.4. The van der Waals surface area contributed by atoms with Crippen LogP contribution in [0, 0.1) is 0 Å². The van der Waals surface area contributed by atoms with Gasteiger partial charge in [-0.1, -0.05) is 25.5 Å². The second-order valence-corrected chi connectivity index (χ2v) is 10.3. The minimum Gasteiger partial charge on any atom is -0.497 e. The van der Waals surface area contributed by atoms with E-state index in [2.05, 4.69) is 32.7 Å². The van der Waals surface area contributed by atoms with Crippen LogP contribution in [-0.4, -0.2) is 65.9 Å². The zero-order chi connectivity index (χ0) is 21.3. The average molecular weight is 435 g/mol. The molecule has 30 heavy (non-hydrogen) atoms. The second kappa shape index (κ2) is 11.7. The first-order valence-corrected chi connectivity index (χ1v) is 12.7. The summed E-state index contributed by atoms with van der Waals surface area (Å²) < 4.78 is 17.6. The van der Waals surface area contributed by atoms with Crippen molar-refractivity contribution in [1.29, 1.82) is 0 Å². The predicted octanol–water partition coefficient (Wildman–Crippen LogP) is 3.08. The lowest BCUT2D eigenvalue weighted by atomic mass is 9.95. The van der Waals surface area contributed by atoms with Gasteiger partial charge in [-0.15, -0.1) is 0 Å².